The molecule has 0 heterocycles. The van der Waals surface area contributed by atoms with Crippen molar-refractivity contribution in [1.82, 2.24) is 0 Å². The van der Waals surface area contributed by atoms with Crippen LogP contribution in [0.4, 0.5) is 0 Å². The van der Waals surface area contributed by atoms with Gasteiger partial charge in [-0.3, -0.25) is 9.59 Å². The molecule has 1 aliphatic rings. The smallest absolute Gasteiger partial charge is 0.328 e. The van der Waals surface area contributed by atoms with E-state index in [1.807, 2.05) is 12.1 Å². The number of rotatable bonds is 4. The van der Waals surface area contributed by atoms with E-state index in [0.717, 1.165) is 12.8 Å². The van der Waals surface area contributed by atoms with Crippen molar-refractivity contribution in [3.63, 3.8) is 0 Å². The summed E-state index contributed by atoms with van der Waals surface area (Å²) < 4.78 is 10.8. The second kappa shape index (κ2) is 6.65. The fourth-order valence-electron chi connectivity index (χ4n) is 2.86. The zero-order valence-electron chi connectivity index (χ0n) is 12.7. The maximum absolute atomic E-state index is 12.6. The SMILES string of the molecule is O=C(Oc1ccccc1)C1(C(=O)Oc2ccccc2)CCCC1. The molecule has 23 heavy (non-hydrogen) atoms. The Hall–Kier alpha value is -2.62. The lowest BCUT2D eigenvalue weighted by Crippen LogP contribution is -2.42. The predicted octanol–water partition coefficient (Wildman–Crippen LogP) is 3.76. The van der Waals surface area contributed by atoms with Crippen molar-refractivity contribution in [2.45, 2.75) is 25.7 Å². The Bertz CT molecular complexity index is 618. The van der Waals surface area contributed by atoms with Crippen LogP contribution in [0.5, 0.6) is 11.5 Å². The van der Waals surface area contributed by atoms with Crippen LogP contribution in [0, 0.1) is 5.41 Å². The Morgan fingerprint density at radius 2 is 1.09 bits per heavy atom. The molecule has 0 aliphatic heterocycles. The number of carbonyl (C=O) groups excluding carboxylic acids is 2. The van der Waals surface area contributed by atoms with Crippen LogP contribution >= 0.6 is 0 Å². The van der Waals surface area contributed by atoms with E-state index in [-0.39, 0.29) is 0 Å². The first kappa shape index (κ1) is 15.3. The second-order valence-corrected chi connectivity index (χ2v) is 5.69. The number of hydrogen-bond donors (Lipinski definition) is 0. The summed E-state index contributed by atoms with van der Waals surface area (Å²) in [6.45, 7) is 0. The second-order valence-electron chi connectivity index (χ2n) is 5.69. The number of hydrogen-bond acceptors (Lipinski definition) is 4. The van der Waals surface area contributed by atoms with Gasteiger partial charge in [0.05, 0.1) is 0 Å². The summed E-state index contributed by atoms with van der Waals surface area (Å²) in [5, 5.41) is 0. The molecule has 0 spiro atoms. The molecule has 1 fully saturated rings. The van der Waals surface area contributed by atoms with E-state index in [0.29, 0.717) is 24.3 Å². The Labute approximate surface area is 135 Å². The van der Waals surface area contributed by atoms with Crippen molar-refractivity contribution in [3.8, 4) is 11.5 Å². The summed E-state index contributed by atoms with van der Waals surface area (Å²) in [4.78, 5) is 25.3. The Morgan fingerprint density at radius 1 is 0.696 bits per heavy atom. The zero-order chi connectivity index (χ0) is 16.1. The maximum Gasteiger partial charge on any atom is 0.328 e. The van der Waals surface area contributed by atoms with Crippen molar-refractivity contribution in [3.05, 3.63) is 60.7 Å². The lowest BCUT2D eigenvalue weighted by atomic mass is 9.86. The summed E-state index contributed by atoms with van der Waals surface area (Å²) in [6.07, 6.45) is 2.55. The first-order valence-corrected chi connectivity index (χ1v) is 7.75. The number of benzene rings is 2. The number of para-hydroxylation sites is 2. The minimum atomic E-state index is -1.20. The first-order chi connectivity index (χ1) is 11.2. The molecule has 1 saturated carbocycles. The molecule has 2 aromatic rings. The van der Waals surface area contributed by atoms with Crippen LogP contribution in [0.15, 0.2) is 60.7 Å². The summed E-state index contributed by atoms with van der Waals surface area (Å²) in [7, 11) is 0. The molecule has 118 valence electrons. The van der Waals surface area contributed by atoms with Crippen LogP contribution in [0.3, 0.4) is 0 Å². The van der Waals surface area contributed by atoms with Gasteiger partial charge in [0.25, 0.3) is 0 Å². The van der Waals surface area contributed by atoms with Crippen LogP contribution in [-0.2, 0) is 9.59 Å². The van der Waals surface area contributed by atoms with E-state index in [1.165, 1.54) is 0 Å². The minimum absolute atomic E-state index is 0.441. The van der Waals surface area contributed by atoms with Crippen LogP contribution in [0.1, 0.15) is 25.7 Å². The van der Waals surface area contributed by atoms with E-state index in [9.17, 15) is 9.59 Å². The molecule has 0 radical (unpaired) electrons. The van der Waals surface area contributed by atoms with Crippen LogP contribution in [0.25, 0.3) is 0 Å². The number of ether oxygens (including phenoxy) is 2. The number of esters is 2. The van der Waals surface area contributed by atoms with E-state index in [2.05, 4.69) is 0 Å². The summed E-state index contributed by atoms with van der Waals surface area (Å²) >= 11 is 0. The molecule has 0 atom stereocenters. The minimum Gasteiger partial charge on any atom is -0.426 e. The van der Waals surface area contributed by atoms with E-state index in [1.54, 1.807) is 48.5 Å². The van der Waals surface area contributed by atoms with Crippen molar-refractivity contribution in [2.75, 3.05) is 0 Å². The average molecular weight is 310 g/mol. The van der Waals surface area contributed by atoms with Gasteiger partial charge in [-0.15, -0.1) is 0 Å². The summed E-state index contributed by atoms with van der Waals surface area (Å²) in [5.41, 5.74) is -1.20. The third-order valence-corrected chi connectivity index (χ3v) is 4.15. The van der Waals surface area contributed by atoms with Crippen molar-refractivity contribution in [2.24, 2.45) is 5.41 Å². The van der Waals surface area contributed by atoms with Gasteiger partial charge in [-0.05, 0) is 37.1 Å². The van der Waals surface area contributed by atoms with Crippen LogP contribution in [0.2, 0.25) is 0 Å². The quantitative estimate of drug-likeness (QED) is 0.490. The molecule has 3 rings (SSSR count). The molecular weight excluding hydrogens is 292 g/mol. The van der Waals surface area contributed by atoms with Crippen molar-refractivity contribution < 1.29 is 19.1 Å². The van der Waals surface area contributed by atoms with Crippen LogP contribution in [-0.4, -0.2) is 11.9 Å². The van der Waals surface area contributed by atoms with Crippen LogP contribution < -0.4 is 9.47 Å². The molecule has 4 heteroatoms. The molecule has 0 aromatic heterocycles. The number of carbonyl (C=O) groups is 2. The Kier molecular flexibility index (Phi) is 4.42. The lowest BCUT2D eigenvalue weighted by Gasteiger charge is -2.24. The van der Waals surface area contributed by atoms with Gasteiger partial charge in [0, 0.05) is 0 Å². The third-order valence-electron chi connectivity index (χ3n) is 4.15. The maximum atomic E-state index is 12.6. The fourth-order valence-corrected chi connectivity index (χ4v) is 2.86. The molecule has 0 N–H and O–H groups in total. The molecule has 1 aliphatic carbocycles. The molecule has 0 amide bonds. The van der Waals surface area contributed by atoms with E-state index >= 15 is 0 Å². The zero-order valence-corrected chi connectivity index (χ0v) is 12.7. The van der Waals surface area contributed by atoms with E-state index < -0.39 is 17.4 Å². The summed E-state index contributed by atoms with van der Waals surface area (Å²) in [5.74, 6) is -0.170. The van der Waals surface area contributed by atoms with E-state index in [4.69, 9.17) is 9.47 Å². The monoisotopic (exact) mass is 310 g/mol. The topological polar surface area (TPSA) is 52.6 Å². The van der Waals surface area contributed by atoms with Gasteiger partial charge in [0.2, 0.25) is 0 Å². The molecule has 0 bridgehead atoms. The highest BCUT2D eigenvalue weighted by molar-refractivity contribution is 6.02. The Morgan fingerprint density at radius 3 is 1.48 bits per heavy atom. The molecule has 4 nitrogen and oxygen atoms in total. The first-order valence-electron chi connectivity index (χ1n) is 7.75. The molecule has 0 unspecified atom stereocenters. The highest BCUT2D eigenvalue weighted by atomic mass is 16.6. The molecule has 2 aromatic carbocycles. The predicted molar refractivity (Wildman–Crippen MR) is 85.1 cm³/mol. The highest BCUT2D eigenvalue weighted by Crippen LogP contribution is 2.41. The largest absolute Gasteiger partial charge is 0.426 e. The highest BCUT2D eigenvalue weighted by Gasteiger charge is 2.51. The van der Waals surface area contributed by atoms with Crippen molar-refractivity contribution >= 4 is 11.9 Å². The average Bonchev–Trinajstić information content (AvgIpc) is 3.08. The van der Waals surface area contributed by atoms with Crippen molar-refractivity contribution in [1.29, 1.82) is 0 Å². The fraction of sp³-hybridized carbons (Fsp3) is 0.263. The standard InChI is InChI=1S/C19H18O4/c20-17(22-15-9-3-1-4-10-15)19(13-7-8-14-19)18(21)23-16-11-5-2-6-12-16/h1-6,9-12H,7-8,13-14H2. The van der Waals surface area contributed by atoms with Gasteiger partial charge in [0.1, 0.15) is 11.5 Å². The third kappa shape index (κ3) is 3.26. The molecule has 0 saturated heterocycles. The van der Waals surface area contributed by atoms with Gasteiger partial charge in [-0.2, -0.15) is 0 Å². The van der Waals surface area contributed by atoms with Gasteiger partial charge >= 0.3 is 11.9 Å². The summed E-state index contributed by atoms with van der Waals surface area (Å²) in [6, 6.07) is 17.6. The Balaban J connectivity index is 1.79. The van der Waals surface area contributed by atoms with Gasteiger partial charge in [-0.1, -0.05) is 49.2 Å². The van der Waals surface area contributed by atoms with Gasteiger partial charge in [-0.25, -0.2) is 0 Å². The van der Waals surface area contributed by atoms with Gasteiger partial charge < -0.3 is 9.47 Å². The normalized spacial score (nSPS) is 15.8. The molecular formula is C19H18O4. The van der Waals surface area contributed by atoms with Gasteiger partial charge in [0.15, 0.2) is 5.41 Å². The lowest BCUT2D eigenvalue weighted by molar-refractivity contribution is -0.160.